The van der Waals surface area contributed by atoms with Crippen LogP contribution < -0.4 is 104 Å². The van der Waals surface area contributed by atoms with Crippen molar-refractivity contribution in [1.82, 2.24) is 121 Å². The van der Waals surface area contributed by atoms with Crippen molar-refractivity contribution in [1.29, 1.82) is 0 Å². The second-order valence-electron chi connectivity index (χ2n) is 31.7. The van der Waals surface area contributed by atoms with Crippen LogP contribution in [0.5, 0.6) is 0 Å². The molecule has 8 amide bonds. The summed E-state index contributed by atoms with van der Waals surface area (Å²) in [7, 11) is 0. The molecule has 0 aliphatic carbocycles. The Bertz CT molecular complexity index is 3300. The van der Waals surface area contributed by atoms with Crippen LogP contribution in [-0.2, 0) is 91.1 Å². The van der Waals surface area contributed by atoms with Gasteiger partial charge in [0.25, 0.3) is 0 Å². The standard InChI is InChI=1S/C75H130N24O30.4Gd/c100-56(33-77-60(104)37-87-7-5-85(41-64(108)109)3-1-76-2-4-86(6-8-87)42-65(110)111)81-52-75(53-82-57(101)34-78-61(105)38-88-9-15-91(43-66(112)113)21-27-97(49-72(124)125)28-22-92(16-10-88)44-67(114)115,54-83-58(102)35-79-62(106)39-89-11-17-93(45-68(116)117)23-29-98(50-73(126)127)30-24-94(18-12-89)46-69(118)119)55-84-59(103)36-80-63(107)40-90-13-19-95(47-70(120)121)25-31-99(51-74(128)129)32-26-96(20-14-90)48-71(122)123;;;;/h76H,1-55H2,(H,77,104)(H,78,105)(H,79,106)(H,80,107)(H,81,100)(H,82,101)(H,83,102)(H,84,103)(H,108,109)(H,110,111)(H,112,113)(H,114,115)(H,116,117)(H,118,119)(H,120,121)(H,122,123)(H,124,125)(H,126,127)(H,128,129);;;;/q;4*+3/p-11. The maximum absolute atomic E-state index is 14.2. The fraction of sp³-hybridized carbons (Fsp3) is 0.747. The van der Waals surface area contributed by atoms with E-state index in [-0.39, 0.29) is 356 Å². The van der Waals surface area contributed by atoms with Crippen LogP contribution in [0.2, 0.25) is 0 Å². The summed E-state index contributed by atoms with van der Waals surface area (Å²) in [6.07, 6.45) is 0. The number of nitrogens with one attached hydrogen (secondary N) is 9. The first-order chi connectivity index (χ1) is 61.1. The van der Waals surface area contributed by atoms with E-state index in [1.54, 1.807) is 14.7 Å². The van der Waals surface area contributed by atoms with Crippen molar-refractivity contribution >= 4 is 113 Å². The van der Waals surface area contributed by atoms with Gasteiger partial charge in [-0.1, -0.05) is 0 Å². The normalized spacial score (nSPS) is 18.0. The van der Waals surface area contributed by atoms with E-state index < -0.39 is 269 Å². The molecular formula is C75H119Gd4N24O30+. The van der Waals surface area contributed by atoms with Crippen molar-refractivity contribution in [3.63, 3.8) is 0 Å². The van der Waals surface area contributed by atoms with Crippen LogP contribution in [0.3, 0.4) is 0 Å². The number of carbonyl (C=O) groups excluding carboxylic acids is 19. The van der Waals surface area contributed by atoms with Crippen LogP contribution in [0, 0.1) is 165 Å². The predicted molar refractivity (Wildman–Crippen MR) is 421 cm³/mol. The van der Waals surface area contributed by atoms with E-state index in [0.29, 0.717) is 13.1 Å². The molecule has 0 spiro atoms. The zero-order chi connectivity index (χ0) is 95.4. The fourth-order valence-corrected chi connectivity index (χ4v) is 14.1. The molecule has 0 atom stereocenters. The molecule has 0 bridgehead atoms. The Morgan fingerprint density at radius 1 is 0.173 bits per heavy atom. The average Bonchev–Trinajstić information content (AvgIpc) is 0.846. The molecule has 4 radical (unpaired) electrons. The maximum atomic E-state index is 14.2. The zero-order valence-electron chi connectivity index (χ0n) is 73.8. The summed E-state index contributed by atoms with van der Waals surface area (Å²) in [5.41, 5.74) is -1.87. The van der Waals surface area contributed by atoms with E-state index in [2.05, 4.69) is 47.9 Å². The molecule has 4 saturated heterocycles. The van der Waals surface area contributed by atoms with Gasteiger partial charge in [0.05, 0.1) is 118 Å². The number of rotatable bonds is 46. The Kier molecular flexibility index (Phi) is 69.0. The first-order valence-electron chi connectivity index (χ1n) is 42.0. The average molecular weight is 2470 g/mol. The summed E-state index contributed by atoms with van der Waals surface area (Å²) >= 11 is 0. The number of carbonyl (C=O) groups is 19. The zero-order valence-corrected chi connectivity index (χ0v) is 82.8. The Hall–Kier alpha value is -5.41. The van der Waals surface area contributed by atoms with Crippen LogP contribution in [0.15, 0.2) is 0 Å². The molecule has 4 rings (SSSR count). The number of hydrogen-bond donors (Lipinski definition) is 9. The molecule has 0 saturated carbocycles. The van der Waals surface area contributed by atoms with E-state index in [1.807, 2.05) is 0 Å². The first-order valence-corrected chi connectivity index (χ1v) is 42.0. The minimum absolute atomic E-state index is 0. The van der Waals surface area contributed by atoms with Crippen LogP contribution in [0.1, 0.15) is 0 Å². The van der Waals surface area contributed by atoms with E-state index in [1.165, 1.54) is 58.8 Å². The monoisotopic (exact) mass is 2470 g/mol. The Morgan fingerprint density at radius 3 is 0.406 bits per heavy atom. The van der Waals surface area contributed by atoms with Gasteiger partial charge >= 0.3 is 160 Å². The Morgan fingerprint density at radius 2 is 0.286 bits per heavy atom. The number of amides is 8. The summed E-state index contributed by atoms with van der Waals surface area (Å²) in [5, 5.41) is 153. The van der Waals surface area contributed by atoms with Crippen LogP contribution in [-0.4, -0.2) is 546 Å². The number of carboxylic acid groups (broad SMARTS) is 11. The SMILES string of the molecule is O=C([O-])CN1CCNCCN(CC(=O)[O-])CCN(CC(=O)NCC(=O)NCC(CNC(=O)CNC(=O)CN2CCN(CC(=O)[O-])CCN(CC(=O)[O-])CCN(CC(=O)[O-])CC2)(CNC(=O)CNC(=O)CN2CCN(CC(=O)[O-])CCN(CC(=O)[O-])CCN(CC(=O)[O-])CC2)CNC(=O)CNC(=O)CN2CCN(CC(=O)[O-])CCN(CC(=O)[O-])CCN(CC(=O)[O-])CC2)CC1.[Gd+3].[Gd+3].[Gd+3].[Gd+3]. The van der Waals surface area contributed by atoms with Crippen molar-refractivity contribution < 1.29 is 307 Å². The van der Waals surface area contributed by atoms with Gasteiger partial charge in [-0.3, -0.25) is 112 Å². The smallest absolute Gasteiger partial charge is 0.549 e. The van der Waals surface area contributed by atoms with Gasteiger partial charge in [0.15, 0.2) is 0 Å². The third-order valence-electron chi connectivity index (χ3n) is 21.2. The number of nitrogens with zero attached hydrogens (tertiary/aromatic N) is 15. The van der Waals surface area contributed by atoms with Gasteiger partial charge in [-0.25, -0.2) is 0 Å². The van der Waals surface area contributed by atoms with Crippen molar-refractivity contribution in [2.75, 3.05) is 360 Å². The molecule has 58 heteroatoms. The molecule has 0 unspecified atom stereocenters. The summed E-state index contributed by atoms with van der Waals surface area (Å²) in [4.78, 5) is 264. The topological polar surface area (TPSA) is 735 Å². The van der Waals surface area contributed by atoms with Gasteiger partial charge < -0.3 is 157 Å². The molecule has 9 N–H and O–H groups in total. The molecule has 54 nitrogen and oxygen atoms in total. The molecule has 4 aliphatic rings. The molecule has 4 heterocycles. The van der Waals surface area contributed by atoms with Crippen LogP contribution >= 0.6 is 0 Å². The largest absolute Gasteiger partial charge is 3.00 e. The van der Waals surface area contributed by atoms with Gasteiger partial charge in [0.2, 0.25) is 47.3 Å². The fourth-order valence-electron chi connectivity index (χ4n) is 14.1. The van der Waals surface area contributed by atoms with Gasteiger partial charge in [0, 0.05) is 313 Å². The van der Waals surface area contributed by atoms with Crippen molar-refractivity contribution in [3.8, 4) is 0 Å². The third-order valence-corrected chi connectivity index (χ3v) is 21.2. The van der Waals surface area contributed by atoms with Crippen molar-refractivity contribution in [3.05, 3.63) is 0 Å². The van der Waals surface area contributed by atoms with Gasteiger partial charge in [-0.2, -0.15) is 0 Å². The van der Waals surface area contributed by atoms with Gasteiger partial charge in [-0.05, 0) is 0 Å². The van der Waals surface area contributed by atoms with E-state index in [0.717, 1.165) is 0 Å². The molecule has 4 fully saturated rings. The number of hydrogen-bond acceptors (Lipinski definition) is 46. The Balaban J connectivity index is 0.0000436. The molecule has 4 aliphatic heterocycles. The summed E-state index contributed by atoms with van der Waals surface area (Å²) in [6, 6.07) is 0. The van der Waals surface area contributed by atoms with E-state index >= 15 is 0 Å². The molecule has 0 aromatic rings. The van der Waals surface area contributed by atoms with E-state index in [4.69, 9.17) is 0 Å². The van der Waals surface area contributed by atoms with Gasteiger partial charge in [0.1, 0.15) is 0 Å². The summed E-state index contributed by atoms with van der Waals surface area (Å²) in [5.74, 6) is -23.1. The number of aliphatic carboxylic acids is 11. The van der Waals surface area contributed by atoms with Crippen molar-refractivity contribution in [2.24, 2.45) is 5.41 Å². The molecule has 0 aromatic carbocycles. The minimum Gasteiger partial charge on any atom is -0.549 e. The first kappa shape index (κ1) is 128. The second-order valence-corrected chi connectivity index (χ2v) is 31.7. The minimum atomic E-state index is -1.87. The Labute approximate surface area is 897 Å². The van der Waals surface area contributed by atoms with E-state index in [9.17, 15) is 147 Å². The molecule has 0 aromatic heterocycles. The maximum Gasteiger partial charge on any atom is 3.00 e. The van der Waals surface area contributed by atoms with Gasteiger partial charge in [-0.15, -0.1) is 0 Å². The molecular weight excluding hydrogens is 2350 g/mol. The summed E-state index contributed by atoms with van der Waals surface area (Å²) in [6.45, 7) is -13.8. The quantitative estimate of drug-likeness (QED) is 0.0273. The number of carboxylic acids is 11. The summed E-state index contributed by atoms with van der Waals surface area (Å²) < 4.78 is 0. The van der Waals surface area contributed by atoms with Crippen LogP contribution in [0.25, 0.3) is 0 Å². The molecule has 750 valence electrons. The second kappa shape index (κ2) is 71.9. The van der Waals surface area contributed by atoms with Crippen molar-refractivity contribution in [2.45, 2.75) is 0 Å². The third kappa shape index (κ3) is 63.0. The molecule has 133 heavy (non-hydrogen) atoms. The van der Waals surface area contributed by atoms with Crippen LogP contribution in [0.4, 0.5) is 0 Å². The predicted octanol–water partition coefficient (Wildman–Crippen LogP) is -29.7.